The third-order valence-electron chi connectivity index (χ3n) is 7.07. The van der Waals surface area contributed by atoms with Gasteiger partial charge in [0.2, 0.25) is 5.75 Å². The van der Waals surface area contributed by atoms with Gasteiger partial charge in [0.25, 0.3) is 0 Å². The van der Waals surface area contributed by atoms with Crippen LogP contribution in [-0.4, -0.2) is 38.4 Å². The zero-order chi connectivity index (χ0) is 32.8. The smallest absolute Gasteiger partial charge is 0.343 e. The summed E-state index contributed by atoms with van der Waals surface area (Å²) in [5.74, 6) is 1.60. The summed E-state index contributed by atoms with van der Waals surface area (Å²) in [7, 11) is 0. The van der Waals surface area contributed by atoms with Crippen molar-refractivity contribution in [2.75, 3.05) is 26.4 Å². The molecule has 4 aromatic rings. The molecule has 0 fully saturated rings. The van der Waals surface area contributed by atoms with Gasteiger partial charge in [-0.15, -0.1) is 5.11 Å². The van der Waals surface area contributed by atoms with Crippen LogP contribution in [0.3, 0.4) is 0 Å². The van der Waals surface area contributed by atoms with Crippen molar-refractivity contribution in [3.8, 4) is 34.5 Å². The van der Waals surface area contributed by atoms with Crippen LogP contribution in [0.2, 0.25) is 0 Å². The quantitative estimate of drug-likeness (QED) is 0.0582. The molecular formula is C37H38N2O8. The Kier molecular flexibility index (Phi) is 11.8. The molecule has 0 bridgehead atoms. The number of benzene rings is 4. The van der Waals surface area contributed by atoms with Gasteiger partial charge in [-0.25, -0.2) is 9.59 Å². The number of unbranched alkanes of at least 4 members (excludes halogenated alkanes) is 2. The van der Waals surface area contributed by atoms with Crippen molar-refractivity contribution in [3.63, 3.8) is 0 Å². The number of hydrogen-bond acceptors (Lipinski definition) is 10. The minimum absolute atomic E-state index is 0.221. The molecule has 244 valence electrons. The number of carbonyl (C=O) groups is 2. The molecular weight excluding hydrogens is 600 g/mol. The normalized spacial score (nSPS) is 12.3. The fourth-order valence-corrected chi connectivity index (χ4v) is 4.44. The largest absolute Gasteiger partial charge is 0.494 e. The molecule has 0 unspecified atom stereocenters. The summed E-state index contributed by atoms with van der Waals surface area (Å²) < 4.78 is 34.4. The third kappa shape index (κ3) is 9.32. The first-order valence-electron chi connectivity index (χ1n) is 15.9. The molecule has 10 nitrogen and oxygen atoms in total. The Labute approximate surface area is 274 Å². The van der Waals surface area contributed by atoms with Gasteiger partial charge >= 0.3 is 11.9 Å². The van der Waals surface area contributed by atoms with Crippen molar-refractivity contribution >= 4 is 23.3 Å². The first kappa shape index (κ1) is 33.0. The second-order valence-electron chi connectivity index (χ2n) is 10.7. The summed E-state index contributed by atoms with van der Waals surface area (Å²) in [5, 5.41) is 8.69. The van der Waals surface area contributed by atoms with Gasteiger partial charge in [-0.1, -0.05) is 26.7 Å². The average molecular weight is 639 g/mol. The number of hydrogen-bond donors (Lipinski definition) is 0. The third-order valence-corrected chi connectivity index (χ3v) is 7.07. The summed E-state index contributed by atoms with van der Waals surface area (Å²) in [6.45, 7) is 6.25. The summed E-state index contributed by atoms with van der Waals surface area (Å²) in [6, 6.07) is 23.6. The van der Waals surface area contributed by atoms with Gasteiger partial charge in [0.15, 0.2) is 11.5 Å². The summed E-state index contributed by atoms with van der Waals surface area (Å²) >= 11 is 0. The highest BCUT2D eigenvalue weighted by molar-refractivity contribution is 5.92. The lowest BCUT2D eigenvalue weighted by Crippen LogP contribution is -2.10. The van der Waals surface area contributed by atoms with Gasteiger partial charge < -0.3 is 28.4 Å². The second kappa shape index (κ2) is 16.8. The van der Waals surface area contributed by atoms with E-state index >= 15 is 0 Å². The van der Waals surface area contributed by atoms with E-state index in [-0.39, 0.29) is 11.5 Å². The molecule has 0 aromatic heterocycles. The Hall–Kier alpha value is -5.38. The van der Waals surface area contributed by atoms with Crippen molar-refractivity contribution in [3.05, 3.63) is 96.1 Å². The Morgan fingerprint density at radius 3 is 1.72 bits per heavy atom. The lowest BCUT2D eigenvalue weighted by atomic mass is 10.2. The molecule has 5 rings (SSSR count). The lowest BCUT2D eigenvalue weighted by Gasteiger charge is -2.14. The van der Waals surface area contributed by atoms with Gasteiger partial charge in [-0.3, -0.25) is 0 Å². The van der Waals surface area contributed by atoms with E-state index in [4.69, 9.17) is 28.4 Å². The predicted octanol–water partition coefficient (Wildman–Crippen LogP) is 9.06. The van der Waals surface area contributed by atoms with E-state index in [1.807, 2.05) is 0 Å². The maximum Gasteiger partial charge on any atom is 0.343 e. The van der Waals surface area contributed by atoms with E-state index in [0.717, 1.165) is 25.7 Å². The Morgan fingerprint density at radius 1 is 0.617 bits per heavy atom. The molecule has 0 saturated heterocycles. The predicted molar refractivity (Wildman–Crippen MR) is 176 cm³/mol. The van der Waals surface area contributed by atoms with Crippen molar-refractivity contribution in [2.24, 2.45) is 10.2 Å². The number of rotatable bonds is 14. The second-order valence-corrected chi connectivity index (χ2v) is 10.7. The van der Waals surface area contributed by atoms with Crippen LogP contribution in [-0.2, 0) is 0 Å². The average Bonchev–Trinajstić information content (AvgIpc) is 3.36. The van der Waals surface area contributed by atoms with E-state index in [1.165, 1.54) is 0 Å². The van der Waals surface area contributed by atoms with Gasteiger partial charge in [-0.05, 0) is 97.8 Å². The molecule has 1 aliphatic rings. The number of esters is 2. The first-order valence-corrected chi connectivity index (χ1v) is 15.9. The Balaban J connectivity index is 1.22. The lowest BCUT2D eigenvalue weighted by molar-refractivity contribution is 0.0721. The molecule has 1 heterocycles. The minimum atomic E-state index is -0.538. The number of fused-ring (bicyclic) bond motifs is 1. The van der Waals surface area contributed by atoms with Crippen LogP contribution in [0.15, 0.2) is 95.2 Å². The van der Waals surface area contributed by atoms with Crippen molar-refractivity contribution in [1.29, 1.82) is 0 Å². The van der Waals surface area contributed by atoms with E-state index in [0.29, 0.717) is 78.3 Å². The van der Waals surface area contributed by atoms with Crippen molar-refractivity contribution in [2.45, 2.75) is 46.0 Å². The molecule has 0 N–H and O–H groups in total. The number of carbonyl (C=O) groups excluding carboxylic acids is 2. The molecule has 47 heavy (non-hydrogen) atoms. The zero-order valence-corrected chi connectivity index (χ0v) is 26.6. The SMILES string of the molecule is CCCCOc1ccc(C(=O)Oc2ccc(N=Nc3ccc(OC(=O)c4ccc(OCCCC)cc4)c4c3OCCCO4)cc2)cc1. The van der Waals surface area contributed by atoms with E-state index in [1.54, 1.807) is 84.9 Å². The van der Waals surface area contributed by atoms with Crippen molar-refractivity contribution < 1.29 is 38.0 Å². The first-order chi connectivity index (χ1) is 23.0. The van der Waals surface area contributed by atoms with Crippen molar-refractivity contribution in [1.82, 2.24) is 0 Å². The van der Waals surface area contributed by atoms with Gasteiger partial charge in [0.1, 0.15) is 22.9 Å². The highest BCUT2D eigenvalue weighted by Gasteiger charge is 2.23. The van der Waals surface area contributed by atoms with Gasteiger partial charge in [0.05, 0.1) is 43.2 Å². The van der Waals surface area contributed by atoms with Crippen LogP contribution in [0, 0.1) is 0 Å². The van der Waals surface area contributed by atoms with Crippen LogP contribution in [0.1, 0.15) is 66.7 Å². The standard InChI is InChI=1S/C37H38N2O8/c1-3-5-22-42-29-14-8-26(9-15-29)36(40)46-31-18-12-28(13-19-31)38-39-32-20-21-33(35-34(32)44-24-7-25-45-35)47-37(41)27-10-16-30(17-11-27)43-23-6-4-2/h8-21H,3-7,22-25H2,1-2H3. The fourth-order valence-electron chi connectivity index (χ4n) is 4.44. The highest BCUT2D eigenvalue weighted by Crippen LogP contribution is 2.46. The maximum absolute atomic E-state index is 12.9. The van der Waals surface area contributed by atoms with Crippen LogP contribution in [0.25, 0.3) is 0 Å². The topological polar surface area (TPSA) is 114 Å². The number of azo groups is 1. The Bertz CT molecular complexity index is 1650. The molecule has 0 spiro atoms. The molecule has 1 aliphatic heterocycles. The Morgan fingerprint density at radius 2 is 1.15 bits per heavy atom. The zero-order valence-electron chi connectivity index (χ0n) is 26.6. The van der Waals surface area contributed by atoms with Gasteiger partial charge in [0, 0.05) is 6.42 Å². The molecule has 0 saturated carbocycles. The molecule has 4 aromatic carbocycles. The van der Waals surface area contributed by atoms with Crippen LogP contribution < -0.4 is 28.4 Å². The van der Waals surface area contributed by atoms with E-state index < -0.39 is 11.9 Å². The minimum Gasteiger partial charge on any atom is -0.494 e. The van der Waals surface area contributed by atoms with Crippen LogP contribution in [0.4, 0.5) is 11.4 Å². The molecule has 0 radical (unpaired) electrons. The molecule has 0 atom stereocenters. The van der Waals surface area contributed by atoms with Crippen LogP contribution >= 0.6 is 0 Å². The molecule has 10 heteroatoms. The summed E-state index contributed by atoms with van der Waals surface area (Å²) in [4.78, 5) is 25.6. The van der Waals surface area contributed by atoms with E-state index in [2.05, 4.69) is 24.1 Å². The summed E-state index contributed by atoms with van der Waals surface area (Å²) in [5.41, 5.74) is 1.73. The maximum atomic E-state index is 12.9. The number of ether oxygens (including phenoxy) is 6. The molecule has 0 aliphatic carbocycles. The highest BCUT2D eigenvalue weighted by atomic mass is 16.6. The van der Waals surface area contributed by atoms with E-state index in [9.17, 15) is 9.59 Å². The fraction of sp³-hybridized carbons (Fsp3) is 0.297. The summed E-state index contributed by atoms with van der Waals surface area (Å²) in [6.07, 6.45) is 4.67. The van der Waals surface area contributed by atoms with Gasteiger partial charge in [-0.2, -0.15) is 5.11 Å². The number of nitrogens with zero attached hydrogens (tertiary/aromatic N) is 2. The van der Waals surface area contributed by atoms with Crippen LogP contribution in [0.5, 0.6) is 34.5 Å². The monoisotopic (exact) mass is 638 g/mol. The molecule has 0 amide bonds.